The maximum atomic E-state index is 8.80. The van der Waals surface area contributed by atoms with Gasteiger partial charge in [0.2, 0.25) is 0 Å². The van der Waals surface area contributed by atoms with E-state index in [1.54, 1.807) is 23.0 Å². The van der Waals surface area contributed by atoms with Gasteiger partial charge in [0.1, 0.15) is 11.9 Å². The van der Waals surface area contributed by atoms with Crippen LogP contribution in [0.15, 0.2) is 24.5 Å². The van der Waals surface area contributed by atoms with Gasteiger partial charge in [0, 0.05) is 25.4 Å². The van der Waals surface area contributed by atoms with E-state index < -0.39 is 0 Å². The minimum atomic E-state index is 0.237. The Bertz CT molecular complexity index is 566. The van der Waals surface area contributed by atoms with E-state index in [0.29, 0.717) is 18.1 Å². The van der Waals surface area contributed by atoms with Gasteiger partial charge in [-0.1, -0.05) is 0 Å². The molecule has 0 aliphatic rings. The summed E-state index contributed by atoms with van der Waals surface area (Å²) in [4.78, 5) is 4.09. The summed E-state index contributed by atoms with van der Waals surface area (Å²) in [5, 5.41) is 16.0. The molecule has 2 aromatic heterocycles. The Hall–Kier alpha value is -2.55. The Morgan fingerprint density at radius 2 is 2.35 bits per heavy atom. The highest BCUT2D eigenvalue weighted by Crippen LogP contribution is 2.12. The van der Waals surface area contributed by atoms with E-state index in [-0.39, 0.29) is 5.69 Å². The fraction of sp³-hybridized carbons (Fsp3) is 0.182. The lowest BCUT2D eigenvalue weighted by molar-refractivity contribution is 0.767. The van der Waals surface area contributed by atoms with Crippen molar-refractivity contribution in [1.29, 1.82) is 5.26 Å². The van der Waals surface area contributed by atoms with Gasteiger partial charge in [-0.25, -0.2) is 4.98 Å². The molecule has 2 aromatic rings. The summed E-state index contributed by atoms with van der Waals surface area (Å²) in [5.41, 5.74) is 7.26. The molecule has 0 saturated heterocycles. The third-order valence-electron chi connectivity index (χ3n) is 2.26. The molecular weight excluding hydrogens is 216 g/mol. The van der Waals surface area contributed by atoms with Crippen molar-refractivity contribution in [1.82, 2.24) is 14.8 Å². The molecular formula is C11H12N6. The Labute approximate surface area is 98.7 Å². The maximum absolute atomic E-state index is 8.80. The Morgan fingerprint density at radius 1 is 1.53 bits per heavy atom. The Balaban J connectivity index is 2.07. The van der Waals surface area contributed by atoms with Gasteiger partial charge < -0.3 is 11.1 Å². The quantitative estimate of drug-likeness (QED) is 0.813. The first-order chi connectivity index (χ1) is 8.19. The predicted molar refractivity (Wildman–Crippen MR) is 63.9 cm³/mol. The van der Waals surface area contributed by atoms with Crippen LogP contribution in [0.25, 0.3) is 0 Å². The van der Waals surface area contributed by atoms with Gasteiger partial charge in [0.05, 0.1) is 11.9 Å². The first-order valence-corrected chi connectivity index (χ1v) is 5.07. The average molecular weight is 228 g/mol. The van der Waals surface area contributed by atoms with Crippen LogP contribution in [0.5, 0.6) is 0 Å². The second-order valence-corrected chi connectivity index (χ2v) is 3.62. The molecule has 2 rings (SSSR count). The van der Waals surface area contributed by atoms with Crippen molar-refractivity contribution in [3.63, 3.8) is 0 Å². The van der Waals surface area contributed by atoms with Crippen LogP contribution >= 0.6 is 0 Å². The molecule has 0 atom stereocenters. The van der Waals surface area contributed by atoms with E-state index in [9.17, 15) is 0 Å². The fourth-order valence-corrected chi connectivity index (χ4v) is 1.41. The van der Waals surface area contributed by atoms with Gasteiger partial charge >= 0.3 is 0 Å². The van der Waals surface area contributed by atoms with E-state index in [2.05, 4.69) is 15.4 Å². The van der Waals surface area contributed by atoms with Crippen LogP contribution < -0.4 is 11.1 Å². The first kappa shape index (κ1) is 11.0. The largest absolute Gasteiger partial charge is 0.396 e. The van der Waals surface area contributed by atoms with E-state index in [1.165, 1.54) is 0 Å². The fourth-order valence-electron chi connectivity index (χ4n) is 1.41. The zero-order valence-electron chi connectivity index (χ0n) is 9.38. The van der Waals surface area contributed by atoms with Crippen molar-refractivity contribution in [3.8, 4) is 6.07 Å². The summed E-state index contributed by atoms with van der Waals surface area (Å²) in [6.45, 7) is 0.607. The molecule has 86 valence electrons. The molecule has 0 bridgehead atoms. The molecule has 0 aliphatic carbocycles. The lowest BCUT2D eigenvalue weighted by Crippen LogP contribution is -2.03. The maximum Gasteiger partial charge on any atom is 0.165 e. The van der Waals surface area contributed by atoms with Crippen LogP contribution in [0.4, 0.5) is 11.5 Å². The summed E-state index contributed by atoms with van der Waals surface area (Å²) >= 11 is 0. The van der Waals surface area contributed by atoms with Crippen LogP contribution in [0, 0.1) is 11.3 Å². The molecule has 0 saturated carbocycles. The number of anilines is 2. The lowest BCUT2D eigenvalue weighted by atomic mass is 10.3. The highest BCUT2D eigenvalue weighted by Gasteiger charge is 2.02. The topological polar surface area (TPSA) is 92.6 Å². The SMILES string of the molecule is Cn1cc(CNc2ccc(N)c(C#N)n2)cn1. The van der Waals surface area contributed by atoms with E-state index in [0.717, 1.165) is 5.56 Å². The van der Waals surface area contributed by atoms with Gasteiger partial charge in [-0.3, -0.25) is 4.68 Å². The number of nitrogens with one attached hydrogen (secondary N) is 1. The van der Waals surface area contributed by atoms with Gasteiger partial charge in [0.15, 0.2) is 5.69 Å². The third kappa shape index (κ3) is 2.52. The van der Waals surface area contributed by atoms with E-state index >= 15 is 0 Å². The number of nitriles is 1. The van der Waals surface area contributed by atoms with Crippen LogP contribution in [0.1, 0.15) is 11.3 Å². The number of pyridine rings is 1. The molecule has 0 amide bonds. The van der Waals surface area contributed by atoms with Crippen molar-refractivity contribution >= 4 is 11.5 Å². The van der Waals surface area contributed by atoms with Crippen molar-refractivity contribution < 1.29 is 0 Å². The molecule has 0 aliphatic heterocycles. The summed E-state index contributed by atoms with van der Waals surface area (Å²) < 4.78 is 1.73. The number of hydrogen-bond donors (Lipinski definition) is 2. The van der Waals surface area contributed by atoms with Crippen LogP contribution in [-0.2, 0) is 13.6 Å². The van der Waals surface area contributed by atoms with Crippen molar-refractivity contribution in [3.05, 3.63) is 35.8 Å². The second-order valence-electron chi connectivity index (χ2n) is 3.62. The van der Waals surface area contributed by atoms with Crippen LogP contribution in [-0.4, -0.2) is 14.8 Å². The second kappa shape index (κ2) is 4.53. The number of aromatic nitrogens is 3. The number of hydrogen-bond acceptors (Lipinski definition) is 5. The number of rotatable bonds is 3. The van der Waals surface area contributed by atoms with E-state index in [4.69, 9.17) is 11.0 Å². The molecule has 3 N–H and O–H groups in total. The predicted octanol–water partition coefficient (Wildman–Crippen LogP) is 0.881. The smallest absolute Gasteiger partial charge is 0.165 e. The monoisotopic (exact) mass is 228 g/mol. The Kier molecular flexibility index (Phi) is 2.92. The lowest BCUT2D eigenvalue weighted by Gasteiger charge is -2.04. The molecule has 2 heterocycles. The van der Waals surface area contributed by atoms with Crippen LogP contribution in [0.2, 0.25) is 0 Å². The zero-order valence-corrected chi connectivity index (χ0v) is 9.38. The highest BCUT2D eigenvalue weighted by molar-refractivity contribution is 5.54. The summed E-state index contributed by atoms with van der Waals surface area (Å²) in [6.07, 6.45) is 3.69. The van der Waals surface area contributed by atoms with Gasteiger partial charge in [-0.15, -0.1) is 0 Å². The number of aryl methyl sites for hydroxylation is 1. The number of nitrogen functional groups attached to an aromatic ring is 1. The molecule has 0 fully saturated rings. The molecule has 6 heteroatoms. The minimum Gasteiger partial charge on any atom is -0.396 e. The number of nitrogens with two attached hydrogens (primary N) is 1. The summed E-state index contributed by atoms with van der Waals surface area (Å²) in [5.74, 6) is 0.625. The van der Waals surface area contributed by atoms with Crippen molar-refractivity contribution in [2.24, 2.45) is 7.05 Å². The Morgan fingerprint density at radius 3 is 3.00 bits per heavy atom. The zero-order chi connectivity index (χ0) is 12.3. The first-order valence-electron chi connectivity index (χ1n) is 5.07. The van der Waals surface area contributed by atoms with Crippen molar-refractivity contribution in [2.45, 2.75) is 6.54 Å². The van der Waals surface area contributed by atoms with Gasteiger partial charge in [-0.2, -0.15) is 10.4 Å². The van der Waals surface area contributed by atoms with E-state index in [1.807, 2.05) is 19.3 Å². The molecule has 17 heavy (non-hydrogen) atoms. The molecule has 0 unspecified atom stereocenters. The van der Waals surface area contributed by atoms with Crippen molar-refractivity contribution in [2.75, 3.05) is 11.1 Å². The molecule has 6 nitrogen and oxygen atoms in total. The summed E-state index contributed by atoms with van der Waals surface area (Å²) in [7, 11) is 1.86. The van der Waals surface area contributed by atoms with Crippen LogP contribution in [0.3, 0.4) is 0 Å². The minimum absolute atomic E-state index is 0.237. The average Bonchev–Trinajstić information content (AvgIpc) is 2.74. The number of nitrogens with zero attached hydrogens (tertiary/aromatic N) is 4. The molecule has 0 radical (unpaired) electrons. The normalized spacial score (nSPS) is 9.88. The standard InChI is InChI=1S/C11H12N6/c1-17-7-8(6-15-17)5-14-11-3-2-9(13)10(4-12)16-11/h2-3,6-7H,5,13H2,1H3,(H,14,16). The van der Waals surface area contributed by atoms with Gasteiger partial charge in [0.25, 0.3) is 0 Å². The summed E-state index contributed by atoms with van der Waals surface area (Å²) in [6, 6.07) is 5.35. The molecule has 0 spiro atoms. The highest BCUT2D eigenvalue weighted by atomic mass is 15.2. The van der Waals surface area contributed by atoms with Gasteiger partial charge in [-0.05, 0) is 12.1 Å². The third-order valence-corrected chi connectivity index (χ3v) is 2.26. The molecule has 0 aromatic carbocycles.